The molecule has 1 aliphatic rings. The summed E-state index contributed by atoms with van der Waals surface area (Å²) in [7, 11) is 0. The highest BCUT2D eigenvalue weighted by Gasteiger charge is 2.37. The van der Waals surface area contributed by atoms with Crippen LogP contribution in [0, 0.1) is 11.8 Å². The van der Waals surface area contributed by atoms with Gasteiger partial charge in [0.25, 0.3) is 0 Å². The van der Waals surface area contributed by atoms with Crippen molar-refractivity contribution in [2.24, 2.45) is 11.8 Å². The van der Waals surface area contributed by atoms with Gasteiger partial charge in [0.15, 0.2) is 0 Å². The van der Waals surface area contributed by atoms with Crippen molar-refractivity contribution < 1.29 is 14.3 Å². The third kappa shape index (κ3) is 5.58. The number of allylic oxidation sites excluding steroid dienone is 2. The van der Waals surface area contributed by atoms with Gasteiger partial charge in [-0.25, -0.2) is 0 Å². The summed E-state index contributed by atoms with van der Waals surface area (Å²) in [5.41, 5.74) is 0. The third-order valence-corrected chi connectivity index (χ3v) is 3.67. The normalized spacial score (nSPS) is 21.1. The molecule has 0 aromatic heterocycles. The first-order valence-electron chi connectivity index (χ1n) is 7.60. The fraction of sp³-hybridized carbons (Fsp3) is 0.750. The Morgan fingerprint density at radius 2 is 1.95 bits per heavy atom. The van der Waals surface area contributed by atoms with Crippen molar-refractivity contribution in [1.82, 2.24) is 0 Å². The summed E-state index contributed by atoms with van der Waals surface area (Å²) < 4.78 is 4.68. The van der Waals surface area contributed by atoms with Crippen molar-refractivity contribution >= 4 is 11.9 Å². The van der Waals surface area contributed by atoms with E-state index in [4.69, 9.17) is 0 Å². The predicted octanol–water partition coefficient (Wildman–Crippen LogP) is 4.02. The molecule has 0 aromatic rings. The molecule has 0 radical (unpaired) electrons. The van der Waals surface area contributed by atoms with E-state index in [1.54, 1.807) is 0 Å². The van der Waals surface area contributed by atoms with Gasteiger partial charge in [0, 0.05) is 0 Å². The Morgan fingerprint density at radius 1 is 1.21 bits per heavy atom. The van der Waals surface area contributed by atoms with E-state index in [0.29, 0.717) is 0 Å². The largest absolute Gasteiger partial charge is 0.393 e. The molecule has 1 fully saturated rings. The van der Waals surface area contributed by atoms with E-state index in [1.807, 2.05) is 0 Å². The van der Waals surface area contributed by atoms with Crippen LogP contribution < -0.4 is 0 Å². The minimum absolute atomic E-state index is 0.169. The number of hydrogen-bond acceptors (Lipinski definition) is 3. The zero-order valence-corrected chi connectivity index (χ0v) is 12.2. The summed E-state index contributed by atoms with van der Waals surface area (Å²) in [4.78, 5) is 22.9. The summed E-state index contributed by atoms with van der Waals surface area (Å²) in [6.07, 6.45) is 12.4. The number of hydrogen-bond donors (Lipinski definition) is 0. The monoisotopic (exact) mass is 266 g/mol. The topological polar surface area (TPSA) is 43.4 Å². The van der Waals surface area contributed by atoms with E-state index in [9.17, 15) is 9.59 Å². The van der Waals surface area contributed by atoms with Gasteiger partial charge in [-0.1, -0.05) is 58.1 Å². The third-order valence-electron chi connectivity index (χ3n) is 3.67. The van der Waals surface area contributed by atoms with Crippen LogP contribution in [0.3, 0.4) is 0 Å². The number of esters is 2. The molecule has 1 heterocycles. The van der Waals surface area contributed by atoms with Crippen LogP contribution in [0.15, 0.2) is 12.2 Å². The van der Waals surface area contributed by atoms with E-state index < -0.39 is 0 Å². The Kier molecular flexibility index (Phi) is 7.46. The van der Waals surface area contributed by atoms with Crippen LogP contribution in [-0.2, 0) is 14.3 Å². The average molecular weight is 266 g/mol. The molecular formula is C16H26O3. The van der Waals surface area contributed by atoms with Crippen LogP contribution in [0.25, 0.3) is 0 Å². The highest BCUT2D eigenvalue weighted by molar-refractivity contribution is 5.94. The number of unbranched alkanes of at least 4 members (excludes halogenated alkanes) is 4. The summed E-state index contributed by atoms with van der Waals surface area (Å²) in [6, 6.07) is 0. The molecule has 3 heteroatoms. The smallest absolute Gasteiger partial charge is 0.317 e. The lowest BCUT2D eigenvalue weighted by Crippen LogP contribution is -2.18. The first-order valence-corrected chi connectivity index (χ1v) is 7.60. The molecule has 0 saturated carbocycles. The molecule has 0 spiro atoms. The van der Waals surface area contributed by atoms with Crippen molar-refractivity contribution in [2.45, 2.75) is 65.2 Å². The van der Waals surface area contributed by atoms with Gasteiger partial charge in [-0.2, -0.15) is 0 Å². The van der Waals surface area contributed by atoms with E-state index in [1.165, 1.54) is 25.7 Å². The lowest BCUT2D eigenvalue weighted by atomic mass is 9.86. The average Bonchev–Trinajstić information content (AvgIpc) is 2.71. The standard InChI is InChI=1S/C16H26O3/c1-3-5-7-9-11-13(10-8-6-4-2)14-12-15(17)19-16(14)18/h9,11,13-14H,3-8,10,12H2,1-2H3/b11-9+/t13-,14+/m1/s1. The Balaban J connectivity index is 2.55. The molecule has 1 aliphatic heterocycles. The van der Waals surface area contributed by atoms with Gasteiger partial charge in [-0.3, -0.25) is 9.59 Å². The summed E-state index contributed by atoms with van der Waals surface area (Å²) in [5, 5.41) is 0. The second-order valence-corrected chi connectivity index (χ2v) is 5.33. The maximum atomic E-state index is 11.7. The summed E-state index contributed by atoms with van der Waals surface area (Å²) in [6.45, 7) is 4.33. The predicted molar refractivity (Wildman–Crippen MR) is 75.5 cm³/mol. The van der Waals surface area contributed by atoms with E-state index >= 15 is 0 Å². The van der Waals surface area contributed by atoms with E-state index in [0.717, 1.165) is 19.3 Å². The van der Waals surface area contributed by atoms with E-state index in [2.05, 4.69) is 30.7 Å². The van der Waals surface area contributed by atoms with E-state index in [-0.39, 0.29) is 30.2 Å². The Bertz CT molecular complexity index is 320. The van der Waals surface area contributed by atoms with Gasteiger partial charge in [-0.05, 0) is 18.8 Å². The first-order chi connectivity index (χ1) is 9.19. The number of cyclic esters (lactones) is 2. The Labute approximate surface area is 116 Å². The molecule has 1 saturated heterocycles. The second kappa shape index (κ2) is 8.89. The molecule has 3 nitrogen and oxygen atoms in total. The van der Waals surface area contributed by atoms with Gasteiger partial charge >= 0.3 is 11.9 Å². The molecule has 1 rings (SSSR count). The second-order valence-electron chi connectivity index (χ2n) is 5.33. The Morgan fingerprint density at radius 3 is 2.53 bits per heavy atom. The lowest BCUT2D eigenvalue weighted by Gasteiger charge is -2.16. The number of ether oxygens (including phenoxy) is 1. The van der Waals surface area contributed by atoms with Crippen LogP contribution >= 0.6 is 0 Å². The molecule has 0 bridgehead atoms. The minimum Gasteiger partial charge on any atom is -0.393 e. The lowest BCUT2D eigenvalue weighted by molar-refractivity contribution is -0.153. The highest BCUT2D eigenvalue weighted by atomic mass is 16.6. The molecule has 108 valence electrons. The summed E-state index contributed by atoms with van der Waals surface area (Å²) >= 11 is 0. The maximum absolute atomic E-state index is 11.7. The summed E-state index contributed by atoms with van der Waals surface area (Å²) in [5.74, 6) is -0.770. The van der Waals surface area contributed by atoms with Crippen LogP contribution in [0.1, 0.15) is 65.2 Å². The van der Waals surface area contributed by atoms with Crippen LogP contribution in [0.4, 0.5) is 0 Å². The van der Waals surface area contributed by atoms with Gasteiger partial charge in [0.2, 0.25) is 0 Å². The number of rotatable bonds is 9. The van der Waals surface area contributed by atoms with Crippen LogP contribution in [0.5, 0.6) is 0 Å². The van der Waals surface area contributed by atoms with Crippen molar-refractivity contribution in [2.75, 3.05) is 0 Å². The zero-order chi connectivity index (χ0) is 14.1. The SMILES string of the molecule is CCCC/C=C/[C@@H](CCCCC)[C@@H]1CC(=O)OC1=O. The first kappa shape index (κ1) is 15.9. The molecule has 0 N–H and O–H groups in total. The van der Waals surface area contributed by atoms with Gasteiger partial charge < -0.3 is 4.74 Å². The zero-order valence-electron chi connectivity index (χ0n) is 12.2. The van der Waals surface area contributed by atoms with Crippen molar-refractivity contribution in [3.05, 3.63) is 12.2 Å². The quantitative estimate of drug-likeness (QED) is 0.274. The molecule has 0 unspecified atom stereocenters. The number of carbonyl (C=O) groups is 2. The van der Waals surface area contributed by atoms with Crippen LogP contribution in [0.2, 0.25) is 0 Å². The fourth-order valence-electron chi connectivity index (χ4n) is 2.47. The Hall–Kier alpha value is -1.12. The van der Waals surface area contributed by atoms with Gasteiger partial charge in [0.05, 0.1) is 12.3 Å². The highest BCUT2D eigenvalue weighted by Crippen LogP contribution is 2.29. The minimum atomic E-state index is -0.363. The molecular weight excluding hydrogens is 240 g/mol. The van der Waals surface area contributed by atoms with Crippen molar-refractivity contribution in [1.29, 1.82) is 0 Å². The number of carbonyl (C=O) groups excluding carboxylic acids is 2. The van der Waals surface area contributed by atoms with Crippen molar-refractivity contribution in [3.63, 3.8) is 0 Å². The van der Waals surface area contributed by atoms with Gasteiger partial charge in [0.1, 0.15) is 0 Å². The van der Waals surface area contributed by atoms with Crippen molar-refractivity contribution in [3.8, 4) is 0 Å². The molecule has 0 aromatic carbocycles. The molecule has 2 atom stereocenters. The molecule has 0 aliphatic carbocycles. The van der Waals surface area contributed by atoms with Gasteiger partial charge in [-0.15, -0.1) is 0 Å². The maximum Gasteiger partial charge on any atom is 0.317 e. The fourth-order valence-corrected chi connectivity index (χ4v) is 2.47. The molecule has 0 amide bonds. The van der Waals surface area contributed by atoms with Crippen LogP contribution in [-0.4, -0.2) is 11.9 Å². The molecule has 19 heavy (non-hydrogen) atoms.